The number of hydrogen-bond donors (Lipinski definition) is 0. The van der Waals surface area contributed by atoms with Crippen molar-refractivity contribution >= 4 is 50.4 Å². The Balaban J connectivity index is 1.34. The number of likely N-dealkylation sites (tertiary alicyclic amines) is 2. The van der Waals surface area contributed by atoms with Gasteiger partial charge in [-0.1, -0.05) is 0 Å². The highest BCUT2D eigenvalue weighted by molar-refractivity contribution is 7.92. The average Bonchev–Trinajstić information content (AvgIpc) is 3.47. The zero-order chi connectivity index (χ0) is 21.4. The van der Waals surface area contributed by atoms with Crippen molar-refractivity contribution in [1.29, 1.82) is 0 Å². The maximum absolute atomic E-state index is 12.9. The summed E-state index contributed by atoms with van der Waals surface area (Å²) in [6.45, 7) is 2.75. The molecule has 0 N–H and O–H groups in total. The van der Waals surface area contributed by atoms with Gasteiger partial charge >= 0.3 is 0 Å². The van der Waals surface area contributed by atoms with Gasteiger partial charge < -0.3 is 9.80 Å². The standard InChI is InChI=1S/C21H24N2O4S3/c1-30(26,27)19-5-3-17(29-19)20(25)23-12-9-21(15-23)7-10-22(11-8-21)18(24)4-2-16-6-13-28-14-16/h2-6,13-14H,7-12,15H2,1H3. The minimum Gasteiger partial charge on any atom is -0.339 e. The minimum atomic E-state index is -3.29. The SMILES string of the molecule is CS(=O)(=O)c1ccc(C(=O)N2CCC3(CCN(C(=O)C=Cc4ccsc4)CC3)C2)s1. The van der Waals surface area contributed by atoms with E-state index in [4.69, 9.17) is 0 Å². The van der Waals surface area contributed by atoms with Crippen LogP contribution in [0.2, 0.25) is 0 Å². The van der Waals surface area contributed by atoms with Gasteiger partial charge in [0, 0.05) is 38.5 Å². The lowest BCUT2D eigenvalue weighted by Gasteiger charge is -2.38. The van der Waals surface area contributed by atoms with E-state index in [-0.39, 0.29) is 21.4 Å². The van der Waals surface area contributed by atoms with E-state index in [1.807, 2.05) is 32.7 Å². The van der Waals surface area contributed by atoms with Crippen LogP contribution in [0, 0.1) is 5.41 Å². The second-order valence-corrected chi connectivity index (χ2v) is 12.2. The molecule has 0 saturated carbocycles. The molecule has 0 radical (unpaired) electrons. The van der Waals surface area contributed by atoms with Crippen LogP contribution in [0.3, 0.4) is 0 Å². The third-order valence-electron chi connectivity index (χ3n) is 5.98. The first-order chi connectivity index (χ1) is 14.3. The summed E-state index contributed by atoms with van der Waals surface area (Å²) < 4.78 is 23.6. The van der Waals surface area contributed by atoms with Crippen LogP contribution in [0.15, 0.2) is 39.2 Å². The molecule has 0 unspecified atom stereocenters. The Labute approximate surface area is 184 Å². The van der Waals surface area contributed by atoms with Crippen LogP contribution >= 0.6 is 22.7 Å². The molecule has 2 aliphatic heterocycles. The van der Waals surface area contributed by atoms with Gasteiger partial charge in [0.1, 0.15) is 4.21 Å². The molecule has 2 fully saturated rings. The lowest BCUT2D eigenvalue weighted by Crippen LogP contribution is -2.44. The van der Waals surface area contributed by atoms with Gasteiger partial charge in [0.15, 0.2) is 9.84 Å². The Hall–Kier alpha value is -1.97. The van der Waals surface area contributed by atoms with Crippen LogP contribution in [0.1, 0.15) is 34.5 Å². The molecule has 160 valence electrons. The highest BCUT2D eigenvalue weighted by Crippen LogP contribution is 2.41. The maximum atomic E-state index is 12.9. The Morgan fingerprint density at radius 1 is 1.07 bits per heavy atom. The van der Waals surface area contributed by atoms with Gasteiger partial charge in [-0.05, 0) is 65.3 Å². The van der Waals surface area contributed by atoms with Crippen molar-refractivity contribution < 1.29 is 18.0 Å². The fourth-order valence-corrected chi connectivity index (χ4v) is 6.67. The number of nitrogens with zero attached hydrogens (tertiary/aromatic N) is 2. The highest BCUT2D eigenvalue weighted by Gasteiger charge is 2.42. The summed E-state index contributed by atoms with van der Waals surface area (Å²) in [4.78, 5) is 29.5. The molecule has 2 amide bonds. The second kappa shape index (κ2) is 8.28. The van der Waals surface area contributed by atoms with Gasteiger partial charge in [-0.3, -0.25) is 9.59 Å². The Kier molecular flexibility index (Phi) is 5.87. The molecule has 2 aromatic heterocycles. The molecular formula is C21H24N2O4S3. The average molecular weight is 465 g/mol. The van der Waals surface area contributed by atoms with E-state index in [1.54, 1.807) is 23.5 Å². The molecule has 30 heavy (non-hydrogen) atoms. The molecule has 0 aliphatic carbocycles. The van der Waals surface area contributed by atoms with Crippen molar-refractivity contribution in [2.75, 3.05) is 32.4 Å². The van der Waals surface area contributed by atoms with Crippen LogP contribution in [-0.4, -0.2) is 62.5 Å². The largest absolute Gasteiger partial charge is 0.339 e. The van der Waals surface area contributed by atoms with E-state index in [9.17, 15) is 18.0 Å². The summed E-state index contributed by atoms with van der Waals surface area (Å²) >= 11 is 2.64. The Morgan fingerprint density at radius 3 is 2.37 bits per heavy atom. The second-order valence-electron chi connectivity index (χ2n) is 8.08. The molecule has 4 rings (SSSR count). The van der Waals surface area contributed by atoms with Gasteiger partial charge in [0.2, 0.25) is 5.91 Å². The van der Waals surface area contributed by atoms with Crippen LogP contribution in [0.25, 0.3) is 6.08 Å². The lowest BCUT2D eigenvalue weighted by atomic mass is 9.78. The summed E-state index contributed by atoms with van der Waals surface area (Å²) in [6, 6.07) is 5.10. The number of amides is 2. The molecule has 0 aromatic carbocycles. The van der Waals surface area contributed by atoms with E-state index in [0.717, 1.165) is 42.4 Å². The number of thiophene rings is 2. The molecule has 1 spiro atoms. The molecule has 6 nitrogen and oxygen atoms in total. The molecular weight excluding hydrogens is 440 g/mol. The van der Waals surface area contributed by atoms with E-state index in [0.29, 0.717) is 31.1 Å². The fourth-order valence-electron chi connectivity index (χ4n) is 4.15. The van der Waals surface area contributed by atoms with Crippen LogP contribution in [0.4, 0.5) is 0 Å². The molecule has 9 heteroatoms. The third-order valence-corrected chi connectivity index (χ3v) is 9.58. The van der Waals surface area contributed by atoms with E-state index < -0.39 is 9.84 Å². The smallest absolute Gasteiger partial charge is 0.263 e. The van der Waals surface area contributed by atoms with Gasteiger partial charge in [-0.15, -0.1) is 11.3 Å². The topological polar surface area (TPSA) is 74.8 Å². The lowest BCUT2D eigenvalue weighted by molar-refractivity contribution is -0.128. The predicted molar refractivity (Wildman–Crippen MR) is 120 cm³/mol. The van der Waals surface area contributed by atoms with Crippen LogP contribution < -0.4 is 0 Å². The van der Waals surface area contributed by atoms with E-state index >= 15 is 0 Å². The zero-order valence-corrected chi connectivity index (χ0v) is 19.2. The quantitative estimate of drug-likeness (QED) is 0.650. The van der Waals surface area contributed by atoms with E-state index in [2.05, 4.69) is 0 Å². The summed E-state index contributed by atoms with van der Waals surface area (Å²) in [5, 5.41) is 3.99. The van der Waals surface area contributed by atoms with Crippen molar-refractivity contribution in [3.63, 3.8) is 0 Å². The van der Waals surface area contributed by atoms with Crippen LogP contribution in [-0.2, 0) is 14.6 Å². The number of piperidine rings is 1. The number of sulfone groups is 1. The number of rotatable bonds is 4. The zero-order valence-electron chi connectivity index (χ0n) is 16.7. The van der Waals surface area contributed by atoms with Gasteiger partial charge in [-0.25, -0.2) is 8.42 Å². The van der Waals surface area contributed by atoms with Crippen molar-refractivity contribution in [3.8, 4) is 0 Å². The molecule has 2 aliphatic rings. The summed E-state index contributed by atoms with van der Waals surface area (Å²) in [7, 11) is -3.29. The van der Waals surface area contributed by atoms with Gasteiger partial charge in [0.25, 0.3) is 5.91 Å². The normalized spacial score (nSPS) is 19.1. The molecule has 2 aromatic rings. The first-order valence-corrected chi connectivity index (χ1v) is 13.5. The Morgan fingerprint density at radius 2 is 1.77 bits per heavy atom. The molecule has 2 saturated heterocycles. The predicted octanol–water partition coefficient (Wildman–Crippen LogP) is 3.38. The first-order valence-electron chi connectivity index (χ1n) is 9.84. The molecule has 0 bridgehead atoms. The molecule has 4 heterocycles. The Bertz CT molecular complexity index is 1060. The third kappa shape index (κ3) is 4.53. The van der Waals surface area contributed by atoms with Crippen molar-refractivity contribution in [2.24, 2.45) is 5.41 Å². The van der Waals surface area contributed by atoms with Gasteiger partial charge in [-0.2, -0.15) is 11.3 Å². The van der Waals surface area contributed by atoms with Crippen molar-refractivity contribution in [2.45, 2.75) is 23.5 Å². The maximum Gasteiger partial charge on any atom is 0.263 e. The summed E-state index contributed by atoms with van der Waals surface area (Å²) in [6.07, 6.45) is 7.34. The monoisotopic (exact) mass is 464 g/mol. The first kappa shape index (κ1) is 21.3. The van der Waals surface area contributed by atoms with Gasteiger partial charge in [0.05, 0.1) is 4.88 Å². The fraction of sp³-hybridized carbons (Fsp3) is 0.429. The number of carbonyl (C=O) groups is 2. The highest BCUT2D eigenvalue weighted by atomic mass is 32.2. The van der Waals surface area contributed by atoms with E-state index in [1.165, 1.54) is 6.07 Å². The summed E-state index contributed by atoms with van der Waals surface area (Å²) in [5.41, 5.74) is 1.10. The van der Waals surface area contributed by atoms with Crippen LogP contribution in [0.5, 0.6) is 0 Å². The van der Waals surface area contributed by atoms with Crippen molar-refractivity contribution in [3.05, 3.63) is 45.5 Å². The minimum absolute atomic E-state index is 0.0360. The molecule has 0 atom stereocenters. The number of hydrogen-bond acceptors (Lipinski definition) is 6. The number of carbonyl (C=O) groups excluding carboxylic acids is 2. The van der Waals surface area contributed by atoms with Crippen molar-refractivity contribution in [1.82, 2.24) is 9.80 Å². The summed E-state index contributed by atoms with van der Waals surface area (Å²) in [5.74, 6) is -0.0575.